The maximum absolute atomic E-state index is 13.6. The predicted octanol–water partition coefficient (Wildman–Crippen LogP) is 2.96. The van der Waals surface area contributed by atoms with Crippen molar-refractivity contribution < 1.29 is 27.9 Å². The molecule has 0 heterocycles. The molecule has 0 aliphatic heterocycles. The zero-order valence-corrected chi connectivity index (χ0v) is 14.3. The number of nitrogens with one attached hydrogen (secondary N) is 2. The third kappa shape index (κ3) is 4.28. The number of amides is 2. The van der Waals surface area contributed by atoms with E-state index in [2.05, 4.69) is 15.4 Å². The topological polar surface area (TPSA) is 84.5 Å². The number of anilines is 2. The van der Waals surface area contributed by atoms with E-state index in [0.29, 0.717) is 23.7 Å². The average Bonchev–Trinajstić information content (AvgIpc) is 3.45. The van der Waals surface area contributed by atoms with E-state index in [0.717, 1.165) is 12.1 Å². The first-order valence-corrected chi connectivity index (χ1v) is 8.14. The maximum Gasteiger partial charge on any atom is 0.337 e. The molecule has 2 N–H and O–H groups in total. The summed E-state index contributed by atoms with van der Waals surface area (Å²) in [6.07, 6.45) is 0.334. The van der Waals surface area contributed by atoms with Crippen molar-refractivity contribution >= 4 is 29.2 Å². The van der Waals surface area contributed by atoms with Crippen LogP contribution in [-0.2, 0) is 14.3 Å². The maximum atomic E-state index is 13.6. The van der Waals surface area contributed by atoms with Crippen molar-refractivity contribution in [1.82, 2.24) is 0 Å². The summed E-state index contributed by atoms with van der Waals surface area (Å²) in [7, 11) is 1.27. The zero-order valence-electron chi connectivity index (χ0n) is 14.3. The molecule has 3 rings (SSSR count). The van der Waals surface area contributed by atoms with Crippen LogP contribution in [0.4, 0.5) is 20.2 Å². The predicted molar refractivity (Wildman–Crippen MR) is 93.0 cm³/mol. The van der Waals surface area contributed by atoms with Crippen molar-refractivity contribution in [3.05, 3.63) is 59.7 Å². The number of rotatable bonds is 5. The van der Waals surface area contributed by atoms with Crippen molar-refractivity contribution in [2.75, 3.05) is 17.7 Å². The first-order valence-electron chi connectivity index (χ1n) is 8.14. The van der Waals surface area contributed by atoms with Gasteiger partial charge in [0.15, 0.2) is 0 Å². The molecular formula is C19H16F2N2O4. The van der Waals surface area contributed by atoms with E-state index in [1.165, 1.54) is 19.2 Å². The van der Waals surface area contributed by atoms with Crippen molar-refractivity contribution in [3.63, 3.8) is 0 Å². The van der Waals surface area contributed by atoms with Crippen LogP contribution in [0.3, 0.4) is 0 Å². The highest BCUT2D eigenvalue weighted by atomic mass is 19.1. The first-order chi connectivity index (χ1) is 12.9. The lowest BCUT2D eigenvalue weighted by molar-refractivity contribution is -0.122. The standard InChI is InChI=1S/C19H16F2N2O4/c1-27-19(26)10-2-5-12(6-3-10)22-17(24)13-9-14(13)18(25)23-16-7-4-11(20)8-15(16)21/h2-8,13-14H,9H2,1H3,(H,22,24)(H,23,25). The number of benzene rings is 2. The summed E-state index contributed by atoms with van der Waals surface area (Å²) in [6, 6.07) is 8.96. The number of halogens is 2. The van der Waals surface area contributed by atoms with Crippen molar-refractivity contribution in [2.24, 2.45) is 11.8 Å². The Labute approximate surface area is 153 Å². The average molecular weight is 374 g/mol. The van der Waals surface area contributed by atoms with Crippen LogP contribution >= 0.6 is 0 Å². The van der Waals surface area contributed by atoms with Crippen molar-refractivity contribution in [3.8, 4) is 0 Å². The highest BCUT2D eigenvalue weighted by molar-refractivity contribution is 6.03. The number of ether oxygens (including phenoxy) is 1. The minimum absolute atomic E-state index is 0.133. The Kier molecular flexibility index (Phi) is 5.16. The summed E-state index contributed by atoms with van der Waals surface area (Å²) < 4.78 is 31.1. The van der Waals surface area contributed by atoms with Crippen LogP contribution in [0.1, 0.15) is 16.8 Å². The monoisotopic (exact) mass is 374 g/mol. The van der Waals surface area contributed by atoms with Crippen LogP contribution in [0.5, 0.6) is 0 Å². The molecule has 6 nitrogen and oxygen atoms in total. The smallest absolute Gasteiger partial charge is 0.337 e. The molecule has 1 aliphatic rings. The van der Waals surface area contributed by atoms with E-state index in [-0.39, 0.29) is 11.6 Å². The van der Waals surface area contributed by atoms with Crippen LogP contribution in [0, 0.1) is 23.5 Å². The normalized spacial score (nSPS) is 17.7. The van der Waals surface area contributed by atoms with Crippen LogP contribution in [0.25, 0.3) is 0 Å². The second-order valence-corrected chi connectivity index (χ2v) is 6.12. The molecular weight excluding hydrogens is 358 g/mol. The van der Waals surface area contributed by atoms with Gasteiger partial charge in [0.1, 0.15) is 11.6 Å². The van der Waals surface area contributed by atoms with E-state index in [9.17, 15) is 23.2 Å². The van der Waals surface area contributed by atoms with Gasteiger partial charge in [-0.25, -0.2) is 13.6 Å². The molecule has 2 atom stereocenters. The molecule has 0 radical (unpaired) electrons. The van der Waals surface area contributed by atoms with E-state index >= 15 is 0 Å². The molecule has 2 aromatic carbocycles. The molecule has 0 spiro atoms. The van der Waals surface area contributed by atoms with E-state index in [1.54, 1.807) is 12.1 Å². The van der Waals surface area contributed by atoms with Gasteiger partial charge in [0.05, 0.1) is 30.2 Å². The minimum Gasteiger partial charge on any atom is -0.465 e. The highest BCUT2D eigenvalue weighted by Crippen LogP contribution is 2.40. The first kappa shape index (κ1) is 18.5. The Balaban J connectivity index is 1.55. The summed E-state index contributed by atoms with van der Waals surface area (Å²) in [5.41, 5.74) is 0.689. The summed E-state index contributed by atoms with van der Waals surface area (Å²) in [5.74, 6) is -4.07. The SMILES string of the molecule is COC(=O)c1ccc(NC(=O)C2CC2C(=O)Nc2ccc(F)cc2F)cc1. The second-order valence-electron chi connectivity index (χ2n) is 6.12. The molecule has 0 aromatic heterocycles. The number of hydrogen-bond acceptors (Lipinski definition) is 4. The summed E-state index contributed by atoms with van der Waals surface area (Å²) in [4.78, 5) is 35.7. The van der Waals surface area contributed by atoms with Gasteiger partial charge >= 0.3 is 5.97 Å². The van der Waals surface area contributed by atoms with E-state index < -0.39 is 35.3 Å². The molecule has 1 saturated carbocycles. The molecule has 2 aromatic rings. The molecule has 27 heavy (non-hydrogen) atoms. The van der Waals surface area contributed by atoms with Gasteiger partial charge < -0.3 is 15.4 Å². The molecule has 8 heteroatoms. The molecule has 0 saturated heterocycles. The van der Waals surface area contributed by atoms with Crippen molar-refractivity contribution in [1.29, 1.82) is 0 Å². The number of esters is 1. The zero-order chi connectivity index (χ0) is 19.6. The minimum atomic E-state index is -0.879. The van der Waals surface area contributed by atoms with Crippen LogP contribution in [-0.4, -0.2) is 24.9 Å². The van der Waals surface area contributed by atoms with Gasteiger partial charge in [-0.15, -0.1) is 0 Å². The van der Waals surface area contributed by atoms with Gasteiger partial charge in [-0.3, -0.25) is 9.59 Å². The van der Waals surface area contributed by atoms with Gasteiger partial charge in [-0.05, 0) is 42.8 Å². The third-order valence-electron chi connectivity index (χ3n) is 4.23. The number of carbonyl (C=O) groups is 3. The summed E-state index contributed by atoms with van der Waals surface area (Å²) in [6.45, 7) is 0. The number of methoxy groups -OCH3 is 1. The molecule has 1 aliphatic carbocycles. The fourth-order valence-corrected chi connectivity index (χ4v) is 2.63. The Bertz CT molecular complexity index is 899. The summed E-state index contributed by atoms with van der Waals surface area (Å²) in [5, 5.41) is 5.02. The molecule has 2 amide bonds. The highest BCUT2D eigenvalue weighted by Gasteiger charge is 2.48. The number of carbonyl (C=O) groups excluding carboxylic acids is 3. The van der Waals surface area contributed by atoms with Gasteiger partial charge in [0.2, 0.25) is 11.8 Å². The Morgan fingerprint density at radius 3 is 2.19 bits per heavy atom. The molecule has 2 unspecified atom stereocenters. The van der Waals surface area contributed by atoms with E-state index in [1.807, 2.05) is 0 Å². The largest absolute Gasteiger partial charge is 0.465 e. The van der Waals surface area contributed by atoms with Gasteiger partial charge in [-0.1, -0.05) is 0 Å². The quantitative estimate of drug-likeness (QED) is 0.788. The van der Waals surface area contributed by atoms with Gasteiger partial charge in [0.25, 0.3) is 0 Å². The van der Waals surface area contributed by atoms with Crippen LogP contribution in [0.15, 0.2) is 42.5 Å². The third-order valence-corrected chi connectivity index (χ3v) is 4.23. The van der Waals surface area contributed by atoms with Crippen LogP contribution < -0.4 is 10.6 Å². The lowest BCUT2D eigenvalue weighted by atomic mass is 10.2. The second kappa shape index (κ2) is 7.53. The van der Waals surface area contributed by atoms with E-state index in [4.69, 9.17) is 0 Å². The van der Waals surface area contributed by atoms with Gasteiger partial charge in [-0.2, -0.15) is 0 Å². The lowest BCUT2D eigenvalue weighted by Gasteiger charge is -2.07. The fraction of sp³-hybridized carbons (Fsp3) is 0.211. The van der Waals surface area contributed by atoms with Gasteiger partial charge in [0, 0.05) is 11.8 Å². The Morgan fingerprint density at radius 2 is 1.59 bits per heavy atom. The Morgan fingerprint density at radius 1 is 0.963 bits per heavy atom. The molecule has 0 bridgehead atoms. The fourth-order valence-electron chi connectivity index (χ4n) is 2.63. The molecule has 140 valence electrons. The van der Waals surface area contributed by atoms with Crippen LogP contribution in [0.2, 0.25) is 0 Å². The number of hydrogen-bond donors (Lipinski definition) is 2. The van der Waals surface area contributed by atoms with Crippen molar-refractivity contribution in [2.45, 2.75) is 6.42 Å². The Hall–Kier alpha value is -3.29. The molecule has 1 fully saturated rings. The summed E-state index contributed by atoms with van der Waals surface area (Å²) >= 11 is 0. The lowest BCUT2D eigenvalue weighted by Crippen LogP contribution is -2.21.